The van der Waals surface area contributed by atoms with Crippen molar-refractivity contribution in [2.24, 2.45) is 0 Å². The first-order valence-electron chi connectivity index (χ1n) is 13.4. The van der Waals surface area contributed by atoms with E-state index in [1.165, 1.54) is 24.9 Å². The molecule has 0 aliphatic carbocycles. The molecule has 2 aromatic rings. The van der Waals surface area contributed by atoms with E-state index < -0.39 is 15.6 Å². The summed E-state index contributed by atoms with van der Waals surface area (Å²) >= 11 is 0. The van der Waals surface area contributed by atoms with Gasteiger partial charge < -0.3 is 14.4 Å². The molecule has 1 saturated heterocycles. The first kappa shape index (κ1) is 30.1. The zero-order valence-corrected chi connectivity index (χ0v) is 24.6. The summed E-state index contributed by atoms with van der Waals surface area (Å²) in [7, 11) is -2.39. The number of allylic oxidation sites excluding steroid dienone is 2. The predicted octanol–water partition coefficient (Wildman–Crippen LogP) is 6.00. The lowest BCUT2D eigenvalue weighted by atomic mass is 10.0. The molecule has 1 N–H and O–H groups in total. The maximum absolute atomic E-state index is 13.3. The second kappa shape index (κ2) is 12.6. The van der Waals surface area contributed by atoms with Gasteiger partial charge in [0.15, 0.2) is 4.91 Å². The van der Waals surface area contributed by atoms with E-state index >= 15 is 0 Å². The van der Waals surface area contributed by atoms with Gasteiger partial charge in [0.2, 0.25) is 0 Å². The summed E-state index contributed by atoms with van der Waals surface area (Å²) in [5.41, 5.74) is 1.19. The van der Waals surface area contributed by atoms with Crippen LogP contribution in [0.1, 0.15) is 72.3 Å². The maximum atomic E-state index is 13.3. The number of sulfonamides is 1. The van der Waals surface area contributed by atoms with Crippen LogP contribution in [0.3, 0.4) is 0 Å². The van der Waals surface area contributed by atoms with E-state index in [0.29, 0.717) is 30.8 Å². The smallest absolute Gasteiger partial charge is 0.251 e. The van der Waals surface area contributed by atoms with Crippen molar-refractivity contribution < 1.29 is 17.9 Å². The Morgan fingerprint density at radius 1 is 1.00 bits per heavy atom. The fourth-order valence-corrected chi connectivity index (χ4v) is 6.33. The summed E-state index contributed by atoms with van der Waals surface area (Å²) < 4.78 is 40.5. The SMILES string of the molecule is COCCC(C)(C)OCCC(C)(C)NS(=O)(=O)C(C#N)=C(C)c1ccc2cc(N3CCCCC3)ccc2c1. The summed E-state index contributed by atoms with van der Waals surface area (Å²) in [5, 5.41) is 12.0. The van der Waals surface area contributed by atoms with Crippen molar-refractivity contribution >= 4 is 32.1 Å². The van der Waals surface area contributed by atoms with Gasteiger partial charge >= 0.3 is 0 Å². The van der Waals surface area contributed by atoms with Crippen molar-refractivity contribution in [3.63, 3.8) is 0 Å². The lowest BCUT2D eigenvalue weighted by molar-refractivity contribution is -0.0418. The second-order valence-electron chi connectivity index (χ2n) is 11.5. The van der Waals surface area contributed by atoms with Gasteiger partial charge in [0.05, 0.1) is 5.60 Å². The van der Waals surface area contributed by atoms with Crippen molar-refractivity contribution in [3.8, 4) is 6.07 Å². The molecule has 1 aliphatic heterocycles. The molecule has 1 fully saturated rings. The number of anilines is 1. The van der Waals surface area contributed by atoms with Gasteiger partial charge in [-0.15, -0.1) is 0 Å². The number of ether oxygens (including phenoxy) is 2. The molecule has 0 unspecified atom stereocenters. The standard InChI is InChI=1S/C30H43N3O4S/c1-23(24-10-11-26-21-27(13-12-25(26)20-24)33-16-8-7-9-17-33)28(22-31)38(34,35)32-29(2,3)14-19-37-30(4,5)15-18-36-6/h10-13,20-21,32H,7-9,14-19H2,1-6H3. The minimum absolute atomic E-state index is 0.267. The molecule has 38 heavy (non-hydrogen) atoms. The number of hydrogen-bond donors (Lipinski definition) is 1. The van der Waals surface area contributed by atoms with E-state index in [4.69, 9.17) is 9.47 Å². The van der Waals surface area contributed by atoms with Crippen LogP contribution in [0.4, 0.5) is 5.69 Å². The van der Waals surface area contributed by atoms with Crippen molar-refractivity contribution in [3.05, 3.63) is 46.9 Å². The Balaban J connectivity index is 1.76. The van der Waals surface area contributed by atoms with Crippen molar-refractivity contribution in [1.29, 1.82) is 5.26 Å². The van der Waals surface area contributed by atoms with Gasteiger partial charge in [-0.05, 0) is 107 Å². The number of benzene rings is 2. The van der Waals surface area contributed by atoms with Crippen LogP contribution in [-0.4, -0.2) is 53.0 Å². The molecule has 7 nitrogen and oxygen atoms in total. The number of nitrogens with zero attached hydrogens (tertiary/aromatic N) is 2. The average Bonchev–Trinajstić information content (AvgIpc) is 2.86. The summed E-state index contributed by atoms with van der Waals surface area (Å²) in [6, 6.07) is 14.2. The van der Waals surface area contributed by atoms with Crippen molar-refractivity contribution in [2.75, 3.05) is 38.3 Å². The van der Waals surface area contributed by atoms with Gasteiger partial charge in [-0.1, -0.05) is 18.2 Å². The number of nitrogens with one attached hydrogen (secondary N) is 1. The molecule has 3 rings (SSSR count). The molecule has 2 aromatic carbocycles. The zero-order chi connectivity index (χ0) is 28.0. The highest BCUT2D eigenvalue weighted by molar-refractivity contribution is 7.94. The number of piperidine rings is 1. The van der Waals surface area contributed by atoms with E-state index in [0.717, 1.165) is 30.3 Å². The first-order chi connectivity index (χ1) is 17.9. The summed E-state index contributed by atoms with van der Waals surface area (Å²) in [5.74, 6) is 0. The van der Waals surface area contributed by atoms with E-state index in [2.05, 4.69) is 27.8 Å². The molecule has 0 saturated carbocycles. The Bertz CT molecular complexity index is 1290. The third kappa shape index (κ3) is 8.03. The lowest BCUT2D eigenvalue weighted by Crippen LogP contribution is -2.45. The van der Waals surface area contributed by atoms with E-state index in [-0.39, 0.29) is 10.5 Å². The van der Waals surface area contributed by atoms with Crippen LogP contribution in [-0.2, 0) is 19.5 Å². The Labute approximate surface area is 228 Å². The molecular weight excluding hydrogens is 498 g/mol. The minimum Gasteiger partial charge on any atom is -0.385 e. The van der Waals surface area contributed by atoms with Crippen molar-refractivity contribution in [1.82, 2.24) is 4.72 Å². The number of methoxy groups -OCH3 is 1. The number of hydrogen-bond acceptors (Lipinski definition) is 6. The lowest BCUT2D eigenvalue weighted by Gasteiger charge is -2.30. The summed E-state index contributed by atoms with van der Waals surface area (Å²) in [6.07, 6.45) is 4.92. The Morgan fingerprint density at radius 2 is 1.66 bits per heavy atom. The quantitative estimate of drug-likeness (QED) is 0.331. The molecule has 0 bridgehead atoms. The molecule has 1 heterocycles. The Morgan fingerprint density at radius 3 is 2.32 bits per heavy atom. The van der Waals surface area contributed by atoms with Crippen LogP contribution in [0.15, 0.2) is 41.3 Å². The molecular formula is C30H43N3O4S. The van der Waals surface area contributed by atoms with Gasteiger partial charge in [0.1, 0.15) is 6.07 Å². The second-order valence-corrected chi connectivity index (χ2v) is 13.1. The van der Waals surface area contributed by atoms with Crippen LogP contribution in [0.25, 0.3) is 16.3 Å². The molecule has 0 atom stereocenters. The van der Waals surface area contributed by atoms with E-state index in [1.54, 1.807) is 27.9 Å². The summed E-state index contributed by atoms with van der Waals surface area (Å²) in [4.78, 5) is 2.15. The highest BCUT2D eigenvalue weighted by Gasteiger charge is 2.30. The van der Waals surface area contributed by atoms with Crippen LogP contribution in [0, 0.1) is 11.3 Å². The maximum Gasteiger partial charge on any atom is 0.251 e. The molecule has 1 aliphatic rings. The van der Waals surface area contributed by atoms with Crippen LogP contribution < -0.4 is 9.62 Å². The molecule has 0 spiro atoms. The Hall–Kier alpha value is -2.44. The first-order valence-corrected chi connectivity index (χ1v) is 14.9. The molecule has 208 valence electrons. The van der Waals surface area contributed by atoms with Crippen LogP contribution >= 0.6 is 0 Å². The van der Waals surface area contributed by atoms with Gasteiger partial charge in [-0.25, -0.2) is 13.1 Å². The molecule has 8 heteroatoms. The largest absolute Gasteiger partial charge is 0.385 e. The highest BCUT2D eigenvalue weighted by Crippen LogP contribution is 2.29. The summed E-state index contributed by atoms with van der Waals surface area (Å²) in [6.45, 7) is 12.4. The topological polar surface area (TPSA) is 91.7 Å². The van der Waals surface area contributed by atoms with Crippen LogP contribution in [0.5, 0.6) is 0 Å². The fourth-order valence-electron chi connectivity index (χ4n) is 4.76. The van der Waals surface area contributed by atoms with E-state index in [1.807, 2.05) is 38.1 Å². The van der Waals surface area contributed by atoms with E-state index in [9.17, 15) is 13.7 Å². The zero-order valence-electron chi connectivity index (χ0n) is 23.8. The molecule has 0 radical (unpaired) electrons. The van der Waals surface area contributed by atoms with Gasteiger partial charge in [-0.2, -0.15) is 5.26 Å². The third-order valence-electron chi connectivity index (χ3n) is 7.23. The van der Waals surface area contributed by atoms with Gasteiger partial charge in [0, 0.05) is 44.6 Å². The number of fused-ring (bicyclic) bond motifs is 1. The van der Waals surface area contributed by atoms with Crippen molar-refractivity contribution in [2.45, 2.75) is 77.9 Å². The third-order valence-corrected chi connectivity index (χ3v) is 8.98. The number of nitriles is 1. The monoisotopic (exact) mass is 541 g/mol. The van der Waals surface area contributed by atoms with Gasteiger partial charge in [-0.3, -0.25) is 0 Å². The molecule has 0 aromatic heterocycles. The Kier molecular flexibility index (Phi) is 9.99. The highest BCUT2D eigenvalue weighted by atomic mass is 32.2. The average molecular weight is 542 g/mol. The molecule has 0 amide bonds. The van der Waals surface area contributed by atoms with Gasteiger partial charge in [0.25, 0.3) is 10.0 Å². The minimum atomic E-state index is -4.05. The predicted molar refractivity (Wildman–Crippen MR) is 155 cm³/mol. The normalized spacial score (nSPS) is 15.9. The van der Waals surface area contributed by atoms with Crippen LogP contribution in [0.2, 0.25) is 0 Å². The number of rotatable bonds is 12. The fraction of sp³-hybridized carbons (Fsp3) is 0.567.